The van der Waals surface area contributed by atoms with E-state index < -0.39 is 0 Å². The smallest absolute Gasteiger partial charge is 0.203 e. The van der Waals surface area contributed by atoms with Crippen LogP contribution in [0.1, 0.15) is 54.7 Å². The van der Waals surface area contributed by atoms with Crippen LogP contribution in [0.3, 0.4) is 0 Å². The first-order valence-electron chi connectivity index (χ1n) is 10.1. The van der Waals surface area contributed by atoms with Gasteiger partial charge in [-0.15, -0.1) is 20.4 Å². The van der Waals surface area contributed by atoms with Crippen LogP contribution in [-0.4, -0.2) is 31.1 Å². The first-order chi connectivity index (χ1) is 14.3. The largest absolute Gasteiger partial charge is 0.359 e. The lowest BCUT2D eigenvalue weighted by Gasteiger charge is -2.11. The number of H-pyrrole nitrogens is 1. The molecule has 2 aromatic heterocycles. The van der Waals surface area contributed by atoms with E-state index in [1.807, 2.05) is 6.07 Å². The lowest BCUT2D eigenvalue weighted by molar-refractivity contribution is 0.816. The summed E-state index contributed by atoms with van der Waals surface area (Å²) in [4.78, 5) is 8.42. The fourth-order valence-corrected chi connectivity index (χ4v) is 4.17. The SMILES string of the molecule is CC1=N/C(=C(\C)c2[nH]c(C)cc2C)C(C)=C1c1ccc(-c2nnc(C)nn2)cc1C. The molecule has 0 unspecified atom stereocenters. The highest BCUT2D eigenvalue weighted by Crippen LogP contribution is 2.38. The summed E-state index contributed by atoms with van der Waals surface area (Å²) in [5.41, 5.74) is 12.4. The molecule has 6 heteroatoms. The van der Waals surface area contributed by atoms with Crippen LogP contribution in [0.15, 0.2) is 40.5 Å². The quantitative estimate of drug-likeness (QED) is 0.660. The molecule has 0 bridgehead atoms. The van der Waals surface area contributed by atoms with Crippen LogP contribution in [0.5, 0.6) is 0 Å². The molecule has 1 aliphatic rings. The standard InChI is InChI=1S/C24H26N6/c1-12-11-19(24-29-27-18(7)28-30-24)8-9-20(12)21-15(4)23(26-17(21)6)16(5)22-13(2)10-14(3)25-22/h8-11,25H,1-7H3/b23-16+. The molecule has 0 saturated heterocycles. The van der Waals surface area contributed by atoms with Gasteiger partial charge in [0.05, 0.1) is 5.70 Å². The molecule has 0 radical (unpaired) electrons. The number of aromatic amines is 1. The summed E-state index contributed by atoms with van der Waals surface area (Å²) >= 11 is 0. The molecule has 1 N–H and O–H groups in total. The summed E-state index contributed by atoms with van der Waals surface area (Å²) in [7, 11) is 0. The minimum absolute atomic E-state index is 0.534. The zero-order valence-electron chi connectivity index (χ0n) is 18.5. The molecular formula is C24H26N6. The molecular weight excluding hydrogens is 372 g/mol. The molecule has 4 rings (SSSR count). The predicted octanol–water partition coefficient (Wildman–Crippen LogP) is 5.17. The van der Waals surface area contributed by atoms with E-state index in [2.05, 4.69) is 85.1 Å². The molecule has 152 valence electrons. The Balaban J connectivity index is 1.78. The lowest BCUT2D eigenvalue weighted by atomic mass is 9.92. The van der Waals surface area contributed by atoms with E-state index in [0.29, 0.717) is 11.6 Å². The van der Waals surface area contributed by atoms with Crippen molar-refractivity contribution in [3.8, 4) is 11.4 Å². The van der Waals surface area contributed by atoms with Crippen molar-refractivity contribution < 1.29 is 0 Å². The van der Waals surface area contributed by atoms with Gasteiger partial charge in [0, 0.05) is 28.2 Å². The molecule has 3 aromatic rings. The number of allylic oxidation sites excluding steroid dienone is 3. The van der Waals surface area contributed by atoms with Gasteiger partial charge < -0.3 is 4.98 Å². The van der Waals surface area contributed by atoms with Gasteiger partial charge in [0.15, 0.2) is 5.82 Å². The van der Waals surface area contributed by atoms with Crippen molar-refractivity contribution >= 4 is 16.9 Å². The van der Waals surface area contributed by atoms with Gasteiger partial charge in [0.2, 0.25) is 5.82 Å². The van der Waals surface area contributed by atoms with Crippen LogP contribution in [0.2, 0.25) is 0 Å². The van der Waals surface area contributed by atoms with Crippen molar-refractivity contribution in [2.75, 3.05) is 0 Å². The number of aryl methyl sites for hydroxylation is 4. The van der Waals surface area contributed by atoms with E-state index in [1.54, 1.807) is 6.92 Å². The monoisotopic (exact) mass is 398 g/mol. The minimum atomic E-state index is 0.534. The topological polar surface area (TPSA) is 79.7 Å². The summed E-state index contributed by atoms with van der Waals surface area (Å²) in [6.45, 7) is 14.5. The van der Waals surface area contributed by atoms with Crippen LogP contribution < -0.4 is 0 Å². The second kappa shape index (κ2) is 7.44. The number of rotatable bonds is 3. The van der Waals surface area contributed by atoms with Crippen LogP contribution >= 0.6 is 0 Å². The van der Waals surface area contributed by atoms with Gasteiger partial charge in [-0.05, 0) is 88.4 Å². The zero-order valence-corrected chi connectivity index (χ0v) is 18.5. The van der Waals surface area contributed by atoms with Crippen LogP contribution in [-0.2, 0) is 0 Å². The maximum Gasteiger partial charge on any atom is 0.203 e. The Morgan fingerprint density at radius 1 is 0.833 bits per heavy atom. The normalized spacial score (nSPS) is 15.6. The van der Waals surface area contributed by atoms with Crippen molar-refractivity contribution in [2.45, 2.75) is 48.5 Å². The van der Waals surface area contributed by atoms with Gasteiger partial charge in [0.25, 0.3) is 0 Å². The third-order valence-corrected chi connectivity index (χ3v) is 5.58. The minimum Gasteiger partial charge on any atom is -0.359 e. The Hall–Kier alpha value is -3.41. The molecule has 0 aliphatic carbocycles. The van der Waals surface area contributed by atoms with Crippen molar-refractivity contribution in [3.05, 3.63) is 69.4 Å². The average molecular weight is 399 g/mol. The highest BCUT2D eigenvalue weighted by atomic mass is 15.3. The Morgan fingerprint density at radius 2 is 1.53 bits per heavy atom. The van der Waals surface area contributed by atoms with Crippen LogP contribution in [0.25, 0.3) is 22.5 Å². The van der Waals surface area contributed by atoms with Gasteiger partial charge >= 0.3 is 0 Å². The summed E-state index contributed by atoms with van der Waals surface area (Å²) in [6.07, 6.45) is 0. The van der Waals surface area contributed by atoms with Crippen molar-refractivity contribution in [1.29, 1.82) is 0 Å². The Morgan fingerprint density at radius 3 is 2.13 bits per heavy atom. The summed E-state index contributed by atoms with van der Waals surface area (Å²) < 4.78 is 0. The summed E-state index contributed by atoms with van der Waals surface area (Å²) in [5, 5.41) is 16.3. The summed E-state index contributed by atoms with van der Waals surface area (Å²) in [6, 6.07) is 8.40. The third kappa shape index (κ3) is 3.38. The number of hydrogen-bond donors (Lipinski definition) is 1. The van der Waals surface area contributed by atoms with Gasteiger partial charge in [0.1, 0.15) is 0 Å². The second-order valence-corrected chi connectivity index (χ2v) is 7.98. The van der Waals surface area contributed by atoms with Crippen molar-refractivity contribution in [1.82, 2.24) is 25.4 Å². The molecule has 0 spiro atoms. The Bertz CT molecular complexity index is 1240. The molecule has 6 nitrogen and oxygen atoms in total. The highest BCUT2D eigenvalue weighted by Gasteiger charge is 2.23. The first-order valence-corrected chi connectivity index (χ1v) is 10.1. The Kier molecular flexibility index (Phi) is 4.94. The van der Waals surface area contributed by atoms with E-state index in [0.717, 1.165) is 33.9 Å². The van der Waals surface area contributed by atoms with Crippen LogP contribution in [0.4, 0.5) is 0 Å². The van der Waals surface area contributed by atoms with Crippen molar-refractivity contribution in [3.63, 3.8) is 0 Å². The number of aromatic nitrogens is 5. The first kappa shape index (κ1) is 19.9. The lowest BCUT2D eigenvalue weighted by Crippen LogP contribution is -2.01. The fourth-order valence-electron chi connectivity index (χ4n) is 4.17. The molecule has 0 atom stereocenters. The van der Waals surface area contributed by atoms with Crippen LogP contribution in [0, 0.1) is 27.7 Å². The molecule has 1 aliphatic heterocycles. The van der Waals surface area contributed by atoms with Gasteiger partial charge in [-0.25, -0.2) is 0 Å². The molecule has 3 heterocycles. The fraction of sp³-hybridized carbons (Fsp3) is 0.292. The summed E-state index contributed by atoms with van der Waals surface area (Å²) in [5.74, 6) is 1.10. The molecule has 0 fully saturated rings. The number of hydrogen-bond acceptors (Lipinski definition) is 5. The molecule has 0 amide bonds. The van der Waals surface area contributed by atoms with Gasteiger partial charge in [-0.1, -0.05) is 12.1 Å². The number of nitrogens with zero attached hydrogens (tertiary/aromatic N) is 5. The molecule has 1 aromatic carbocycles. The third-order valence-electron chi connectivity index (χ3n) is 5.58. The highest BCUT2D eigenvalue weighted by molar-refractivity contribution is 6.27. The zero-order chi connectivity index (χ0) is 21.6. The predicted molar refractivity (Wildman–Crippen MR) is 121 cm³/mol. The van der Waals surface area contributed by atoms with Crippen molar-refractivity contribution in [2.24, 2.45) is 4.99 Å². The van der Waals surface area contributed by atoms with E-state index in [4.69, 9.17) is 4.99 Å². The molecule has 0 saturated carbocycles. The molecule has 30 heavy (non-hydrogen) atoms. The number of benzene rings is 1. The second-order valence-electron chi connectivity index (χ2n) is 7.98. The van der Waals surface area contributed by atoms with Gasteiger partial charge in [-0.2, -0.15) is 0 Å². The average Bonchev–Trinajstić information content (AvgIpc) is 3.20. The maximum absolute atomic E-state index is 4.94. The van der Waals surface area contributed by atoms with E-state index in [9.17, 15) is 0 Å². The van der Waals surface area contributed by atoms with E-state index in [1.165, 1.54) is 27.8 Å². The maximum atomic E-state index is 4.94. The van der Waals surface area contributed by atoms with E-state index in [-0.39, 0.29) is 0 Å². The Labute approximate surface area is 176 Å². The number of nitrogens with one attached hydrogen (secondary N) is 1. The van der Waals surface area contributed by atoms with Gasteiger partial charge in [-0.3, -0.25) is 4.99 Å². The van der Waals surface area contributed by atoms with E-state index >= 15 is 0 Å². The number of aliphatic imine (C=N–C) groups is 1.